The third-order valence-corrected chi connectivity index (χ3v) is 3.88. The molecule has 1 saturated carbocycles. The maximum absolute atomic E-state index is 13.1. The molecular formula is C15H18F3N5O. The number of alkyl halides is 3. The first-order chi connectivity index (χ1) is 11.2. The van der Waals surface area contributed by atoms with Crippen molar-refractivity contribution in [1.82, 2.24) is 24.5 Å². The predicted octanol–water partition coefficient (Wildman–Crippen LogP) is 1.96. The van der Waals surface area contributed by atoms with Gasteiger partial charge in [0.1, 0.15) is 5.56 Å². The van der Waals surface area contributed by atoms with Crippen molar-refractivity contribution in [2.75, 3.05) is 7.05 Å². The van der Waals surface area contributed by atoms with E-state index in [2.05, 4.69) is 10.2 Å². The fraction of sp³-hybridized carbons (Fsp3) is 0.533. The lowest BCUT2D eigenvalue weighted by molar-refractivity contribution is -0.139. The van der Waals surface area contributed by atoms with Crippen LogP contribution in [0.4, 0.5) is 13.2 Å². The third-order valence-electron chi connectivity index (χ3n) is 3.88. The highest BCUT2D eigenvalue weighted by atomic mass is 19.4. The largest absolute Gasteiger partial charge is 0.421 e. The topological polar surface area (TPSA) is 56.0 Å². The molecule has 130 valence electrons. The van der Waals surface area contributed by atoms with Gasteiger partial charge in [0.15, 0.2) is 0 Å². The van der Waals surface area contributed by atoms with E-state index in [-0.39, 0.29) is 12.6 Å². The Balaban J connectivity index is 1.86. The molecule has 9 heteroatoms. The van der Waals surface area contributed by atoms with Crippen LogP contribution in [0.25, 0.3) is 0 Å². The van der Waals surface area contributed by atoms with Crippen molar-refractivity contribution in [3.05, 3.63) is 45.6 Å². The number of halogens is 3. The van der Waals surface area contributed by atoms with Gasteiger partial charge in [-0.1, -0.05) is 0 Å². The van der Waals surface area contributed by atoms with Gasteiger partial charge >= 0.3 is 6.18 Å². The Morgan fingerprint density at radius 1 is 1.38 bits per heavy atom. The number of nitrogens with zero attached hydrogens (tertiary/aromatic N) is 5. The second-order valence-corrected chi connectivity index (χ2v) is 6.24. The summed E-state index contributed by atoms with van der Waals surface area (Å²) in [5.74, 6) is 0.0292. The molecule has 0 amide bonds. The van der Waals surface area contributed by atoms with E-state index in [1.807, 2.05) is 6.20 Å². The molecule has 0 radical (unpaired) electrons. The van der Waals surface area contributed by atoms with Gasteiger partial charge in [-0.25, -0.2) is 4.68 Å². The number of hydrogen-bond acceptors (Lipinski definition) is 4. The summed E-state index contributed by atoms with van der Waals surface area (Å²) in [6.45, 7) is 0.439. The van der Waals surface area contributed by atoms with E-state index in [0.717, 1.165) is 29.2 Å². The number of aromatic nitrogens is 4. The van der Waals surface area contributed by atoms with Crippen LogP contribution in [-0.2, 0) is 26.4 Å². The quantitative estimate of drug-likeness (QED) is 0.834. The standard InChI is InChI=1S/C15H18F3N5O/c1-21(7-10-6-19-22(2)8-10)9-23-14(24)12(15(16,17)18)5-13(20-23)11-3-4-11/h5-6,8,11H,3-4,7,9H2,1-2H3. The highest BCUT2D eigenvalue weighted by Gasteiger charge is 2.37. The molecule has 0 saturated heterocycles. The summed E-state index contributed by atoms with van der Waals surface area (Å²) >= 11 is 0. The van der Waals surface area contributed by atoms with Gasteiger partial charge in [-0.3, -0.25) is 14.4 Å². The first-order valence-corrected chi connectivity index (χ1v) is 7.59. The minimum absolute atomic E-state index is 0.0165. The van der Waals surface area contributed by atoms with Crippen molar-refractivity contribution in [3.8, 4) is 0 Å². The molecule has 1 aliphatic rings. The molecule has 2 aromatic heterocycles. The van der Waals surface area contributed by atoms with Crippen LogP contribution >= 0.6 is 0 Å². The maximum Gasteiger partial charge on any atom is 0.421 e. The van der Waals surface area contributed by atoms with E-state index >= 15 is 0 Å². The third kappa shape index (κ3) is 3.66. The molecule has 1 aliphatic carbocycles. The lowest BCUT2D eigenvalue weighted by Gasteiger charge is -2.18. The van der Waals surface area contributed by atoms with Crippen molar-refractivity contribution >= 4 is 0 Å². The summed E-state index contributed by atoms with van der Waals surface area (Å²) in [5, 5.41) is 8.18. The maximum atomic E-state index is 13.1. The van der Waals surface area contributed by atoms with E-state index in [1.54, 1.807) is 29.9 Å². The first-order valence-electron chi connectivity index (χ1n) is 7.59. The monoisotopic (exact) mass is 341 g/mol. The molecule has 3 rings (SSSR count). The van der Waals surface area contributed by atoms with Crippen LogP contribution in [0.5, 0.6) is 0 Å². The minimum Gasteiger partial charge on any atom is -0.283 e. The van der Waals surface area contributed by atoms with Crippen molar-refractivity contribution in [1.29, 1.82) is 0 Å². The average Bonchev–Trinajstić information content (AvgIpc) is 3.24. The summed E-state index contributed by atoms with van der Waals surface area (Å²) in [7, 11) is 3.50. The zero-order valence-electron chi connectivity index (χ0n) is 13.4. The Kier molecular flexibility index (Phi) is 4.20. The van der Waals surface area contributed by atoms with Crippen LogP contribution < -0.4 is 5.56 Å². The highest BCUT2D eigenvalue weighted by molar-refractivity contribution is 5.22. The van der Waals surface area contributed by atoms with Crippen LogP contribution in [0.2, 0.25) is 0 Å². The van der Waals surface area contributed by atoms with Crippen LogP contribution in [-0.4, -0.2) is 31.5 Å². The van der Waals surface area contributed by atoms with Crippen LogP contribution in [0, 0.1) is 0 Å². The van der Waals surface area contributed by atoms with Crippen molar-refractivity contribution < 1.29 is 13.2 Å². The first kappa shape index (κ1) is 16.7. The van der Waals surface area contributed by atoms with Gasteiger partial charge in [0.2, 0.25) is 0 Å². The highest BCUT2D eigenvalue weighted by Crippen LogP contribution is 2.40. The Morgan fingerprint density at radius 2 is 2.08 bits per heavy atom. The Morgan fingerprint density at radius 3 is 2.62 bits per heavy atom. The summed E-state index contributed by atoms with van der Waals surface area (Å²) in [6.07, 6.45) is 0.443. The second-order valence-electron chi connectivity index (χ2n) is 6.24. The molecule has 0 bridgehead atoms. The van der Waals surface area contributed by atoms with Gasteiger partial charge in [-0.15, -0.1) is 0 Å². The SMILES string of the molecule is CN(Cc1cnn(C)c1)Cn1nc(C2CC2)cc(C(F)(F)F)c1=O. The fourth-order valence-corrected chi connectivity index (χ4v) is 2.58. The summed E-state index contributed by atoms with van der Waals surface area (Å²) in [6, 6.07) is 0.900. The molecule has 2 aromatic rings. The van der Waals surface area contributed by atoms with Gasteiger partial charge in [-0.2, -0.15) is 23.4 Å². The summed E-state index contributed by atoms with van der Waals surface area (Å²) in [4.78, 5) is 13.9. The van der Waals surface area contributed by atoms with Crippen LogP contribution in [0.1, 0.15) is 35.6 Å². The lowest BCUT2D eigenvalue weighted by Crippen LogP contribution is -2.36. The summed E-state index contributed by atoms with van der Waals surface area (Å²) < 4.78 is 41.9. The zero-order valence-corrected chi connectivity index (χ0v) is 13.4. The molecule has 0 aromatic carbocycles. The van der Waals surface area contributed by atoms with Crippen molar-refractivity contribution in [3.63, 3.8) is 0 Å². The Labute approximate surface area is 136 Å². The van der Waals surface area contributed by atoms with E-state index in [1.165, 1.54) is 0 Å². The fourth-order valence-electron chi connectivity index (χ4n) is 2.58. The van der Waals surface area contributed by atoms with Crippen molar-refractivity contribution in [2.45, 2.75) is 38.1 Å². The van der Waals surface area contributed by atoms with Gasteiger partial charge in [-0.05, 0) is 26.0 Å². The van der Waals surface area contributed by atoms with Gasteiger partial charge in [0.05, 0.1) is 18.6 Å². The number of hydrogen-bond donors (Lipinski definition) is 0. The van der Waals surface area contributed by atoms with Gasteiger partial charge in [0.25, 0.3) is 5.56 Å². The normalized spacial score (nSPS) is 15.2. The van der Waals surface area contributed by atoms with Crippen LogP contribution in [0.3, 0.4) is 0 Å². The van der Waals surface area contributed by atoms with Gasteiger partial charge < -0.3 is 0 Å². The van der Waals surface area contributed by atoms with Crippen molar-refractivity contribution in [2.24, 2.45) is 7.05 Å². The lowest BCUT2D eigenvalue weighted by atomic mass is 10.2. The van der Waals surface area contributed by atoms with Gasteiger partial charge in [0, 0.05) is 31.3 Å². The minimum atomic E-state index is -4.67. The molecule has 0 unspecified atom stereocenters. The Bertz CT molecular complexity index is 791. The number of aryl methyl sites for hydroxylation is 1. The molecule has 24 heavy (non-hydrogen) atoms. The van der Waals surface area contributed by atoms with E-state index in [4.69, 9.17) is 0 Å². The van der Waals surface area contributed by atoms with E-state index < -0.39 is 17.3 Å². The molecule has 0 N–H and O–H groups in total. The van der Waals surface area contributed by atoms with Crippen LogP contribution in [0.15, 0.2) is 23.3 Å². The molecule has 6 nitrogen and oxygen atoms in total. The Hall–Kier alpha value is -2.16. The zero-order chi connectivity index (χ0) is 17.5. The average molecular weight is 341 g/mol. The molecule has 0 aliphatic heterocycles. The molecule has 1 fully saturated rings. The molecule has 0 atom stereocenters. The summed E-state index contributed by atoms with van der Waals surface area (Å²) in [5.41, 5.74) is -1.00. The second kappa shape index (κ2) is 6.04. The van der Waals surface area contributed by atoms with E-state index in [9.17, 15) is 18.0 Å². The predicted molar refractivity (Wildman–Crippen MR) is 80.1 cm³/mol. The number of rotatable bonds is 5. The molecule has 2 heterocycles. The smallest absolute Gasteiger partial charge is 0.283 e. The molecule has 0 spiro atoms. The van der Waals surface area contributed by atoms with E-state index in [0.29, 0.717) is 12.2 Å². The molecular weight excluding hydrogens is 323 g/mol.